The van der Waals surface area contributed by atoms with Crippen molar-refractivity contribution in [2.75, 3.05) is 12.3 Å². The molecule has 98 valence electrons. The number of nitrogens with one attached hydrogen (secondary N) is 1. The van der Waals surface area contributed by atoms with E-state index < -0.39 is 0 Å². The highest BCUT2D eigenvalue weighted by atomic mass is 35.5. The molecule has 4 nitrogen and oxygen atoms in total. The molecule has 5 heteroatoms. The van der Waals surface area contributed by atoms with Crippen molar-refractivity contribution < 1.29 is 4.74 Å². The van der Waals surface area contributed by atoms with Crippen LogP contribution in [0.1, 0.15) is 25.7 Å². The highest BCUT2D eigenvalue weighted by molar-refractivity contribution is 6.29. The largest absolute Gasteiger partial charge is 0.473 e. The minimum absolute atomic E-state index is 0.191. The molecular weight excluding hydrogens is 250 g/mol. The topological polar surface area (TPSA) is 60.2 Å². The fraction of sp³-hybridized carbons (Fsp3) is 0.615. The van der Waals surface area contributed by atoms with Gasteiger partial charge >= 0.3 is 0 Å². The van der Waals surface area contributed by atoms with E-state index in [-0.39, 0.29) is 6.10 Å². The summed E-state index contributed by atoms with van der Waals surface area (Å²) in [6.07, 6.45) is 5.06. The summed E-state index contributed by atoms with van der Waals surface area (Å²) in [5, 5.41) is 3.93. The quantitative estimate of drug-likeness (QED) is 0.807. The van der Waals surface area contributed by atoms with Crippen LogP contribution in [-0.2, 0) is 0 Å². The predicted octanol–water partition coefficient (Wildman–Crippen LogP) is 2.23. The molecule has 1 saturated heterocycles. The minimum Gasteiger partial charge on any atom is -0.473 e. The van der Waals surface area contributed by atoms with E-state index in [0.717, 1.165) is 18.9 Å². The Balaban J connectivity index is 1.74. The van der Waals surface area contributed by atoms with Crippen LogP contribution < -0.4 is 15.8 Å². The molecule has 3 N–H and O–H groups in total. The first kappa shape index (κ1) is 12.1. The average Bonchev–Trinajstić information content (AvgIpc) is 2.76. The van der Waals surface area contributed by atoms with Gasteiger partial charge in [-0.05, 0) is 44.2 Å². The van der Waals surface area contributed by atoms with E-state index in [1.54, 1.807) is 12.1 Å². The lowest BCUT2D eigenvalue weighted by molar-refractivity contribution is 0.0951. The molecule has 1 aliphatic carbocycles. The maximum Gasteiger partial charge on any atom is 0.217 e. The zero-order valence-electron chi connectivity index (χ0n) is 10.2. The van der Waals surface area contributed by atoms with Crippen LogP contribution in [0.4, 0.5) is 5.69 Å². The van der Waals surface area contributed by atoms with Gasteiger partial charge in [-0.2, -0.15) is 0 Å². The number of aromatic nitrogens is 1. The lowest BCUT2D eigenvalue weighted by Gasteiger charge is -2.33. The summed E-state index contributed by atoms with van der Waals surface area (Å²) in [5.41, 5.74) is 6.35. The van der Waals surface area contributed by atoms with Gasteiger partial charge in [-0.3, -0.25) is 0 Å². The van der Waals surface area contributed by atoms with Gasteiger partial charge in [0.1, 0.15) is 11.3 Å². The summed E-state index contributed by atoms with van der Waals surface area (Å²) in [4.78, 5) is 4.18. The lowest BCUT2D eigenvalue weighted by Crippen LogP contribution is -2.45. The molecule has 0 spiro atoms. The summed E-state index contributed by atoms with van der Waals surface area (Å²) in [6.45, 7) is 1.10. The molecule has 1 saturated carbocycles. The van der Waals surface area contributed by atoms with Crippen LogP contribution in [0.15, 0.2) is 12.1 Å². The summed E-state index contributed by atoms with van der Waals surface area (Å²) >= 11 is 5.89. The molecule has 1 aromatic rings. The highest BCUT2D eigenvalue weighted by Gasteiger charge is 2.37. The summed E-state index contributed by atoms with van der Waals surface area (Å²) in [5.74, 6) is 1.29. The molecule has 18 heavy (non-hydrogen) atoms. The molecule has 3 unspecified atom stereocenters. The Kier molecular flexibility index (Phi) is 3.31. The van der Waals surface area contributed by atoms with Gasteiger partial charge in [-0.1, -0.05) is 11.6 Å². The zero-order valence-corrected chi connectivity index (χ0v) is 11.0. The van der Waals surface area contributed by atoms with Gasteiger partial charge in [0.15, 0.2) is 0 Å². The number of anilines is 1. The molecular formula is C13H18ClN3O. The molecule has 3 atom stereocenters. The number of halogens is 1. The van der Waals surface area contributed by atoms with Gasteiger partial charge in [-0.15, -0.1) is 0 Å². The van der Waals surface area contributed by atoms with Crippen molar-refractivity contribution >= 4 is 17.3 Å². The van der Waals surface area contributed by atoms with Crippen LogP contribution in [0, 0.1) is 5.92 Å². The van der Waals surface area contributed by atoms with Crippen molar-refractivity contribution in [3.05, 3.63) is 17.3 Å². The van der Waals surface area contributed by atoms with Crippen molar-refractivity contribution in [2.24, 2.45) is 5.92 Å². The number of ether oxygens (including phenoxy) is 1. The number of nitrogens with zero attached hydrogens (tertiary/aromatic N) is 1. The monoisotopic (exact) mass is 267 g/mol. The number of pyridine rings is 1. The molecule has 0 amide bonds. The predicted molar refractivity (Wildman–Crippen MR) is 71.8 cm³/mol. The van der Waals surface area contributed by atoms with E-state index in [1.165, 1.54) is 19.3 Å². The highest BCUT2D eigenvalue weighted by Crippen LogP contribution is 2.33. The maximum atomic E-state index is 5.99. The molecule has 0 aromatic carbocycles. The first-order valence-corrected chi connectivity index (χ1v) is 6.93. The molecule has 1 aromatic heterocycles. The second-order valence-electron chi connectivity index (χ2n) is 5.18. The van der Waals surface area contributed by atoms with Crippen LogP contribution in [0.25, 0.3) is 0 Å². The van der Waals surface area contributed by atoms with Crippen molar-refractivity contribution in [1.29, 1.82) is 0 Å². The Labute approximate surface area is 112 Å². The number of hydrogen-bond donors (Lipinski definition) is 2. The average molecular weight is 268 g/mol. The van der Waals surface area contributed by atoms with Gasteiger partial charge in [0.25, 0.3) is 0 Å². The number of hydrogen-bond acceptors (Lipinski definition) is 4. The van der Waals surface area contributed by atoms with Crippen LogP contribution in [0.3, 0.4) is 0 Å². The van der Waals surface area contributed by atoms with Crippen LogP contribution in [-0.4, -0.2) is 23.7 Å². The van der Waals surface area contributed by atoms with E-state index in [1.807, 2.05) is 0 Å². The second-order valence-corrected chi connectivity index (χ2v) is 5.56. The Bertz CT molecular complexity index is 420. The fourth-order valence-corrected chi connectivity index (χ4v) is 3.35. The van der Waals surface area contributed by atoms with E-state index in [0.29, 0.717) is 22.8 Å². The number of fused-ring (bicyclic) bond motifs is 1. The molecule has 0 bridgehead atoms. The van der Waals surface area contributed by atoms with Crippen LogP contribution >= 0.6 is 11.6 Å². The number of rotatable bonds is 2. The summed E-state index contributed by atoms with van der Waals surface area (Å²) in [7, 11) is 0. The third-order valence-corrected chi connectivity index (χ3v) is 4.13. The Morgan fingerprint density at radius 2 is 2.22 bits per heavy atom. The molecule has 2 fully saturated rings. The van der Waals surface area contributed by atoms with Crippen molar-refractivity contribution in [3.8, 4) is 5.88 Å². The zero-order chi connectivity index (χ0) is 12.5. The second kappa shape index (κ2) is 4.94. The first-order chi connectivity index (χ1) is 8.72. The van der Waals surface area contributed by atoms with Crippen molar-refractivity contribution in [3.63, 3.8) is 0 Å². The number of nitrogen functional groups attached to an aromatic ring is 1. The lowest BCUT2D eigenvalue weighted by atomic mass is 9.83. The van der Waals surface area contributed by atoms with Crippen LogP contribution in [0.2, 0.25) is 5.15 Å². The normalized spacial score (nSPS) is 31.1. The number of nitrogens with two attached hydrogens (primary N) is 1. The molecule has 2 aliphatic rings. The van der Waals surface area contributed by atoms with Gasteiger partial charge < -0.3 is 15.8 Å². The van der Waals surface area contributed by atoms with Gasteiger partial charge in [-0.25, -0.2) is 4.98 Å². The fourth-order valence-electron chi connectivity index (χ4n) is 3.14. The van der Waals surface area contributed by atoms with E-state index in [9.17, 15) is 0 Å². The Hall–Kier alpha value is -1.00. The standard InChI is InChI=1S/C13H18ClN3O/c14-11-6-9(15)7-12(17-11)18-10-3-1-2-8-4-5-16-13(8)10/h6-8,10,13,16H,1-5H2,(H2,15,17). The van der Waals surface area contributed by atoms with Crippen molar-refractivity contribution in [1.82, 2.24) is 10.3 Å². The maximum absolute atomic E-state index is 5.99. The molecule has 1 aliphatic heterocycles. The van der Waals surface area contributed by atoms with Gasteiger partial charge in [0.05, 0.1) is 0 Å². The van der Waals surface area contributed by atoms with E-state index in [4.69, 9.17) is 22.1 Å². The first-order valence-electron chi connectivity index (χ1n) is 6.55. The van der Waals surface area contributed by atoms with Crippen molar-refractivity contribution in [2.45, 2.75) is 37.8 Å². The third kappa shape index (κ3) is 2.40. The molecule has 0 radical (unpaired) electrons. The SMILES string of the molecule is Nc1cc(Cl)nc(OC2CCCC3CCNC32)c1. The van der Waals surface area contributed by atoms with E-state index in [2.05, 4.69) is 10.3 Å². The summed E-state index contributed by atoms with van der Waals surface area (Å²) < 4.78 is 5.99. The smallest absolute Gasteiger partial charge is 0.217 e. The van der Waals surface area contributed by atoms with E-state index >= 15 is 0 Å². The van der Waals surface area contributed by atoms with Gasteiger partial charge in [0.2, 0.25) is 5.88 Å². The Morgan fingerprint density at radius 1 is 1.33 bits per heavy atom. The minimum atomic E-state index is 0.191. The van der Waals surface area contributed by atoms with Crippen LogP contribution in [0.5, 0.6) is 5.88 Å². The summed E-state index contributed by atoms with van der Waals surface area (Å²) in [6, 6.07) is 3.83. The third-order valence-electron chi connectivity index (χ3n) is 3.93. The molecule has 3 rings (SSSR count). The van der Waals surface area contributed by atoms with Gasteiger partial charge in [0, 0.05) is 17.8 Å². The molecule has 2 heterocycles. The Morgan fingerprint density at radius 3 is 3.06 bits per heavy atom.